The number of nitrogens with zero attached hydrogens (tertiary/aromatic N) is 1. The number of nitriles is 1. The molecule has 0 heterocycles. The first-order chi connectivity index (χ1) is 8.08. The van der Waals surface area contributed by atoms with Gasteiger partial charge in [-0.1, -0.05) is 0 Å². The molecule has 17 heavy (non-hydrogen) atoms. The monoisotopic (exact) mass is 233 g/mol. The van der Waals surface area contributed by atoms with E-state index >= 15 is 0 Å². The maximum atomic E-state index is 11.5. The van der Waals surface area contributed by atoms with Gasteiger partial charge in [0.15, 0.2) is 6.10 Å². The minimum atomic E-state index is -0.803. The van der Waals surface area contributed by atoms with Crippen LogP contribution >= 0.6 is 0 Å². The summed E-state index contributed by atoms with van der Waals surface area (Å²) < 4.78 is 9.32. The van der Waals surface area contributed by atoms with E-state index in [-0.39, 0.29) is 5.56 Å². The lowest BCUT2D eigenvalue weighted by Crippen LogP contribution is -2.13. The first kappa shape index (κ1) is 12.7. The third kappa shape index (κ3) is 3.31. The van der Waals surface area contributed by atoms with Crippen molar-refractivity contribution in [3.8, 4) is 6.07 Å². The van der Waals surface area contributed by atoms with Crippen LogP contribution < -0.4 is 0 Å². The Bertz CT molecular complexity index is 458. The molecule has 0 aliphatic heterocycles. The largest absolute Gasteiger partial charge is 0.465 e. The zero-order chi connectivity index (χ0) is 12.8. The Hall–Kier alpha value is -2.35. The lowest BCUT2D eigenvalue weighted by molar-refractivity contribution is 0.0434. The van der Waals surface area contributed by atoms with Crippen molar-refractivity contribution in [3.63, 3.8) is 0 Å². The molecular formula is C12H11NO4. The fraction of sp³-hybridized carbons (Fsp3) is 0.250. The second kappa shape index (κ2) is 5.66. The molecule has 1 aromatic rings. The molecule has 5 nitrogen and oxygen atoms in total. The Morgan fingerprint density at radius 3 is 2.06 bits per heavy atom. The van der Waals surface area contributed by atoms with E-state index in [0.717, 1.165) is 0 Å². The van der Waals surface area contributed by atoms with Gasteiger partial charge in [0, 0.05) is 0 Å². The fourth-order valence-electron chi connectivity index (χ4n) is 1.12. The van der Waals surface area contributed by atoms with Gasteiger partial charge >= 0.3 is 11.9 Å². The minimum Gasteiger partial charge on any atom is -0.465 e. The van der Waals surface area contributed by atoms with Gasteiger partial charge in [-0.05, 0) is 31.2 Å². The van der Waals surface area contributed by atoms with Gasteiger partial charge in [-0.15, -0.1) is 0 Å². The third-order valence-corrected chi connectivity index (χ3v) is 2.01. The average Bonchev–Trinajstić information content (AvgIpc) is 2.37. The highest BCUT2D eigenvalue weighted by Gasteiger charge is 2.12. The van der Waals surface area contributed by atoms with Crippen molar-refractivity contribution in [1.29, 1.82) is 5.26 Å². The summed E-state index contributed by atoms with van der Waals surface area (Å²) in [5.74, 6) is -1.08. The smallest absolute Gasteiger partial charge is 0.339 e. The molecule has 0 aliphatic rings. The molecule has 0 aromatic heterocycles. The summed E-state index contributed by atoms with van der Waals surface area (Å²) in [5.41, 5.74) is 0.622. The predicted octanol–water partition coefficient (Wildman–Crippen LogP) is 1.54. The summed E-state index contributed by atoms with van der Waals surface area (Å²) >= 11 is 0. The number of carbonyl (C=O) groups excluding carboxylic acids is 2. The van der Waals surface area contributed by atoms with E-state index in [0.29, 0.717) is 5.56 Å². The highest BCUT2D eigenvalue weighted by Crippen LogP contribution is 2.08. The quantitative estimate of drug-likeness (QED) is 0.740. The van der Waals surface area contributed by atoms with E-state index in [1.807, 2.05) is 0 Å². The van der Waals surface area contributed by atoms with Crippen molar-refractivity contribution < 1.29 is 19.1 Å². The summed E-state index contributed by atoms with van der Waals surface area (Å²) in [6.45, 7) is 1.47. The molecule has 1 aromatic carbocycles. The molecule has 0 saturated carbocycles. The van der Waals surface area contributed by atoms with Crippen LogP contribution in [0.3, 0.4) is 0 Å². The molecule has 0 radical (unpaired) electrons. The van der Waals surface area contributed by atoms with Crippen LogP contribution in [0.15, 0.2) is 24.3 Å². The van der Waals surface area contributed by atoms with Crippen LogP contribution in [0.2, 0.25) is 0 Å². The second-order valence-electron chi connectivity index (χ2n) is 3.25. The summed E-state index contributed by atoms with van der Waals surface area (Å²) in [6, 6.07) is 7.59. The molecule has 1 atom stereocenters. The summed E-state index contributed by atoms with van der Waals surface area (Å²) in [7, 11) is 1.28. The maximum Gasteiger partial charge on any atom is 0.339 e. The molecule has 0 spiro atoms. The summed E-state index contributed by atoms with van der Waals surface area (Å²) in [4.78, 5) is 22.6. The fourth-order valence-corrected chi connectivity index (χ4v) is 1.12. The van der Waals surface area contributed by atoms with Gasteiger partial charge in [0.2, 0.25) is 0 Å². The van der Waals surface area contributed by atoms with Crippen molar-refractivity contribution in [2.75, 3.05) is 7.11 Å². The number of methoxy groups -OCH3 is 1. The Labute approximate surface area is 98.6 Å². The van der Waals surface area contributed by atoms with Gasteiger partial charge in [-0.3, -0.25) is 0 Å². The maximum absolute atomic E-state index is 11.5. The molecule has 1 rings (SSSR count). The van der Waals surface area contributed by atoms with E-state index in [1.165, 1.54) is 38.3 Å². The normalized spacial score (nSPS) is 11.1. The zero-order valence-corrected chi connectivity index (χ0v) is 9.47. The van der Waals surface area contributed by atoms with Crippen LogP contribution in [-0.2, 0) is 9.47 Å². The van der Waals surface area contributed by atoms with Crippen LogP contribution in [0.25, 0.3) is 0 Å². The minimum absolute atomic E-state index is 0.278. The molecule has 88 valence electrons. The Balaban J connectivity index is 2.78. The lowest BCUT2D eigenvalue weighted by Gasteiger charge is -2.06. The third-order valence-electron chi connectivity index (χ3n) is 2.01. The molecule has 5 heteroatoms. The molecule has 0 N–H and O–H groups in total. The van der Waals surface area contributed by atoms with E-state index in [2.05, 4.69) is 4.74 Å². The number of rotatable bonds is 3. The van der Waals surface area contributed by atoms with E-state index < -0.39 is 18.0 Å². The lowest BCUT2D eigenvalue weighted by atomic mass is 10.1. The first-order valence-corrected chi connectivity index (χ1v) is 4.87. The number of ether oxygens (including phenoxy) is 2. The van der Waals surface area contributed by atoms with Crippen LogP contribution in [0, 0.1) is 11.3 Å². The second-order valence-corrected chi connectivity index (χ2v) is 3.25. The van der Waals surface area contributed by atoms with Crippen molar-refractivity contribution in [3.05, 3.63) is 35.4 Å². The SMILES string of the molecule is COC(=O)c1ccc(C(=O)O[C@H](C)C#N)cc1. The Kier molecular flexibility index (Phi) is 4.23. The molecule has 0 aliphatic carbocycles. The van der Waals surface area contributed by atoms with Crippen LogP contribution in [-0.4, -0.2) is 25.2 Å². The highest BCUT2D eigenvalue weighted by atomic mass is 16.5. The van der Waals surface area contributed by atoms with Gasteiger partial charge in [-0.25, -0.2) is 9.59 Å². The van der Waals surface area contributed by atoms with E-state index in [1.54, 1.807) is 6.07 Å². The van der Waals surface area contributed by atoms with Crippen molar-refractivity contribution in [1.82, 2.24) is 0 Å². The molecule has 0 saturated heterocycles. The molecular weight excluding hydrogens is 222 g/mol. The molecule has 0 unspecified atom stereocenters. The van der Waals surface area contributed by atoms with Crippen molar-refractivity contribution in [2.24, 2.45) is 0 Å². The first-order valence-electron chi connectivity index (χ1n) is 4.87. The van der Waals surface area contributed by atoms with Crippen LogP contribution in [0.4, 0.5) is 0 Å². The molecule has 0 amide bonds. The topological polar surface area (TPSA) is 76.4 Å². The van der Waals surface area contributed by atoms with Gasteiger partial charge in [0.1, 0.15) is 6.07 Å². The number of benzene rings is 1. The van der Waals surface area contributed by atoms with E-state index in [4.69, 9.17) is 10.00 Å². The van der Waals surface area contributed by atoms with Gasteiger partial charge in [-0.2, -0.15) is 5.26 Å². The zero-order valence-electron chi connectivity index (χ0n) is 9.47. The summed E-state index contributed by atoms with van der Waals surface area (Å²) in [6.07, 6.45) is -0.803. The Morgan fingerprint density at radius 1 is 1.18 bits per heavy atom. The molecule has 0 fully saturated rings. The summed E-state index contributed by atoms with van der Waals surface area (Å²) in [5, 5.41) is 8.49. The van der Waals surface area contributed by atoms with Crippen LogP contribution in [0.1, 0.15) is 27.6 Å². The Morgan fingerprint density at radius 2 is 1.65 bits per heavy atom. The van der Waals surface area contributed by atoms with Crippen molar-refractivity contribution >= 4 is 11.9 Å². The molecule has 0 bridgehead atoms. The number of carbonyl (C=O) groups is 2. The van der Waals surface area contributed by atoms with Gasteiger partial charge in [0.25, 0.3) is 0 Å². The highest BCUT2D eigenvalue weighted by molar-refractivity contribution is 5.93. The number of esters is 2. The van der Waals surface area contributed by atoms with Crippen molar-refractivity contribution in [2.45, 2.75) is 13.0 Å². The number of hydrogen-bond donors (Lipinski definition) is 0. The van der Waals surface area contributed by atoms with Gasteiger partial charge in [0.05, 0.1) is 18.2 Å². The van der Waals surface area contributed by atoms with E-state index in [9.17, 15) is 9.59 Å². The van der Waals surface area contributed by atoms with Crippen LogP contribution in [0.5, 0.6) is 0 Å². The predicted molar refractivity (Wildman–Crippen MR) is 58.3 cm³/mol. The average molecular weight is 233 g/mol. The van der Waals surface area contributed by atoms with Gasteiger partial charge < -0.3 is 9.47 Å². The number of hydrogen-bond acceptors (Lipinski definition) is 5. The standard InChI is InChI=1S/C12H11NO4/c1-8(7-13)17-12(15)10-5-3-9(4-6-10)11(14)16-2/h3-6,8H,1-2H3/t8-/m1/s1.